The smallest absolute Gasteiger partial charge is 0.311 e. The Bertz CT molecular complexity index is 346. The van der Waals surface area contributed by atoms with E-state index in [2.05, 4.69) is 0 Å². The summed E-state index contributed by atoms with van der Waals surface area (Å²) in [7, 11) is -0.220. The van der Waals surface area contributed by atoms with Crippen LogP contribution in [0.5, 0.6) is 0 Å². The molecule has 5 nitrogen and oxygen atoms in total. The highest BCUT2D eigenvalue weighted by atomic mass is 32.2. The molecule has 0 radical (unpaired) electrons. The van der Waals surface area contributed by atoms with Gasteiger partial charge in [0.1, 0.15) is 0 Å². The van der Waals surface area contributed by atoms with Crippen molar-refractivity contribution in [2.75, 3.05) is 26.5 Å². The number of carbonyl (C=O) groups excluding carboxylic acids is 1. The molecule has 0 saturated carbocycles. The van der Waals surface area contributed by atoms with E-state index < -0.39 is 15.4 Å². The van der Waals surface area contributed by atoms with E-state index in [4.69, 9.17) is 4.74 Å². The van der Waals surface area contributed by atoms with E-state index in [1.807, 2.05) is 20.8 Å². The van der Waals surface area contributed by atoms with E-state index in [-0.39, 0.29) is 18.3 Å². The Morgan fingerprint density at radius 3 is 2.24 bits per heavy atom. The Balaban J connectivity index is 4.00. The molecule has 0 rings (SSSR count). The molecule has 0 unspecified atom stereocenters. The monoisotopic (exact) mass is 265 g/mol. The standard InChI is InChI=1S/C11H23NO4S/c1-6-11(2,3)10(13)16-8-7-9-17(14,15)12(4)5/h6-9H2,1-5H3. The average molecular weight is 265 g/mol. The first kappa shape index (κ1) is 16.4. The minimum Gasteiger partial charge on any atom is -0.465 e. The molecule has 0 aliphatic rings. The van der Waals surface area contributed by atoms with Crippen LogP contribution in [0.1, 0.15) is 33.6 Å². The fraction of sp³-hybridized carbons (Fsp3) is 0.909. The molecule has 102 valence electrons. The summed E-state index contributed by atoms with van der Waals surface area (Å²) in [6.07, 6.45) is 1.02. The molecule has 0 fully saturated rings. The van der Waals surface area contributed by atoms with Crippen molar-refractivity contribution in [2.45, 2.75) is 33.6 Å². The maximum atomic E-state index is 11.6. The van der Waals surface area contributed by atoms with Crippen molar-refractivity contribution < 1.29 is 17.9 Å². The van der Waals surface area contributed by atoms with Crippen LogP contribution in [0.4, 0.5) is 0 Å². The lowest BCUT2D eigenvalue weighted by atomic mass is 9.91. The zero-order valence-corrected chi connectivity index (χ0v) is 12.1. The van der Waals surface area contributed by atoms with Gasteiger partial charge >= 0.3 is 5.97 Å². The Hall–Kier alpha value is -0.620. The summed E-state index contributed by atoms with van der Waals surface area (Å²) in [5, 5.41) is 0. The highest BCUT2D eigenvalue weighted by Crippen LogP contribution is 2.21. The van der Waals surface area contributed by atoms with Crippen molar-refractivity contribution in [3.05, 3.63) is 0 Å². The summed E-state index contributed by atoms with van der Waals surface area (Å²) in [4.78, 5) is 11.6. The molecule has 0 aliphatic carbocycles. The number of hydrogen-bond acceptors (Lipinski definition) is 4. The second kappa shape index (κ2) is 6.35. The molecule has 0 aromatic rings. The highest BCUT2D eigenvalue weighted by molar-refractivity contribution is 7.89. The van der Waals surface area contributed by atoms with Crippen LogP contribution in [0.15, 0.2) is 0 Å². The first-order valence-corrected chi connectivity index (χ1v) is 7.32. The second-order valence-corrected chi connectivity index (χ2v) is 7.13. The van der Waals surface area contributed by atoms with Gasteiger partial charge in [-0.05, 0) is 26.7 Å². The number of rotatable bonds is 7. The van der Waals surface area contributed by atoms with Crippen LogP contribution in [-0.2, 0) is 19.6 Å². The lowest BCUT2D eigenvalue weighted by Crippen LogP contribution is -2.28. The molecule has 0 bridgehead atoms. The fourth-order valence-corrected chi connectivity index (χ4v) is 1.78. The molecule has 0 saturated heterocycles. The molecular formula is C11H23NO4S. The number of hydrogen-bond donors (Lipinski definition) is 0. The second-order valence-electron chi connectivity index (χ2n) is 4.83. The molecule has 0 atom stereocenters. The Morgan fingerprint density at radius 2 is 1.82 bits per heavy atom. The Morgan fingerprint density at radius 1 is 1.29 bits per heavy atom. The van der Waals surface area contributed by atoms with Crippen molar-refractivity contribution in [2.24, 2.45) is 5.41 Å². The lowest BCUT2D eigenvalue weighted by molar-refractivity contribution is -0.154. The van der Waals surface area contributed by atoms with Crippen molar-refractivity contribution in [1.29, 1.82) is 0 Å². The maximum Gasteiger partial charge on any atom is 0.311 e. The first-order valence-electron chi connectivity index (χ1n) is 5.71. The third-order valence-electron chi connectivity index (χ3n) is 2.77. The van der Waals surface area contributed by atoms with Gasteiger partial charge in [0.15, 0.2) is 0 Å². The molecule has 0 aliphatic heterocycles. The van der Waals surface area contributed by atoms with Crippen LogP contribution in [0.2, 0.25) is 0 Å². The average Bonchev–Trinajstić information content (AvgIpc) is 2.23. The van der Waals surface area contributed by atoms with Gasteiger partial charge in [0.2, 0.25) is 10.0 Å². The predicted octanol–water partition coefficient (Wildman–Crippen LogP) is 1.25. The summed E-state index contributed by atoms with van der Waals surface area (Å²) in [5.74, 6) is -0.276. The predicted molar refractivity (Wildman–Crippen MR) is 67.1 cm³/mol. The van der Waals surface area contributed by atoms with Crippen molar-refractivity contribution >= 4 is 16.0 Å². The van der Waals surface area contributed by atoms with Crippen LogP contribution >= 0.6 is 0 Å². The zero-order chi connectivity index (χ0) is 13.7. The van der Waals surface area contributed by atoms with Crippen LogP contribution < -0.4 is 0 Å². The van der Waals surface area contributed by atoms with E-state index in [0.717, 1.165) is 0 Å². The van der Waals surface area contributed by atoms with Crippen LogP contribution in [0.25, 0.3) is 0 Å². The molecule has 0 N–H and O–H groups in total. The van der Waals surface area contributed by atoms with Crippen molar-refractivity contribution in [1.82, 2.24) is 4.31 Å². The zero-order valence-electron chi connectivity index (χ0n) is 11.3. The van der Waals surface area contributed by atoms with Crippen molar-refractivity contribution in [3.63, 3.8) is 0 Å². The lowest BCUT2D eigenvalue weighted by Gasteiger charge is -2.20. The summed E-state index contributed by atoms with van der Waals surface area (Å²) >= 11 is 0. The van der Waals surface area contributed by atoms with Gasteiger partial charge in [-0.25, -0.2) is 12.7 Å². The summed E-state index contributed by atoms with van der Waals surface area (Å²) in [6.45, 7) is 5.69. The quantitative estimate of drug-likeness (QED) is 0.513. The third kappa shape index (κ3) is 5.50. The van der Waals surface area contributed by atoms with Crippen molar-refractivity contribution in [3.8, 4) is 0 Å². The fourth-order valence-electron chi connectivity index (χ4n) is 0.928. The van der Waals surface area contributed by atoms with Gasteiger partial charge in [0.25, 0.3) is 0 Å². The molecule has 0 amide bonds. The van der Waals surface area contributed by atoms with Gasteiger partial charge in [0.05, 0.1) is 17.8 Å². The normalized spacial score (nSPS) is 12.8. The first-order chi connectivity index (χ1) is 7.63. The van der Waals surface area contributed by atoms with Gasteiger partial charge in [-0.15, -0.1) is 0 Å². The van der Waals surface area contributed by atoms with E-state index in [1.165, 1.54) is 18.4 Å². The van der Waals surface area contributed by atoms with Gasteiger partial charge in [-0.2, -0.15) is 0 Å². The summed E-state index contributed by atoms with van der Waals surface area (Å²) in [6, 6.07) is 0. The maximum absolute atomic E-state index is 11.6. The largest absolute Gasteiger partial charge is 0.465 e. The van der Waals surface area contributed by atoms with Crippen LogP contribution in [0, 0.1) is 5.41 Å². The molecule has 0 heterocycles. The van der Waals surface area contributed by atoms with Crippen LogP contribution in [-0.4, -0.2) is 45.1 Å². The minimum absolute atomic E-state index is 0.000165. The number of esters is 1. The van der Waals surface area contributed by atoms with E-state index in [9.17, 15) is 13.2 Å². The molecule has 0 aromatic heterocycles. The molecule has 0 aromatic carbocycles. The van der Waals surface area contributed by atoms with Crippen LogP contribution in [0.3, 0.4) is 0 Å². The van der Waals surface area contributed by atoms with E-state index in [0.29, 0.717) is 12.8 Å². The molecule has 0 spiro atoms. The SMILES string of the molecule is CCC(C)(C)C(=O)OCCCS(=O)(=O)N(C)C. The molecule has 6 heteroatoms. The Kier molecular flexibility index (Phi) is 6.12. The van der Waals surface area contributed by atoms with Gasteiger partial charge in [-0.3, -0.25) is 4.79 Å². The number of sulfonamides is 1. The number of nitrogens with zero attached hydrogens (tertiary/aromatic N) is 1. The minimum atomic E-state index is -3.20. The summed E-state index contributed by atoms with van der Waals surface area (Å²) < 4.78 is 29.0. The van der Waals surface area contributed by atoms with Gasteiger partial charge < -0.3 is 4.74 Å². The van der Waals surface area contributed by atoms with E-state index in [1.54, 1.807) is 0 Å². The molecule has 17 heavy (non-hydrogen) atoms. The summed E-state index contributed by atoms with van der Waals surface area (Å²) in [5.41, 5.74) is -0.500. The van der Waals surface area contributed by atoms with Gasteiger partial charge in [-0.1, -0.05) is 6.92 Å². The van der Waals surface area contributed by atoms with E-state index >= 15 is 0 Å². The third-order valence-corrected chi connectivity index (χ3v) is 4.69. The van der Waals surface area contributed by atoms with Gasteiger partial charge in [0, 0.05) is 14.1 Å². The highest BCUT2D eigenvalue weighted by Gasteiger charge is 2.27. The molecular weight excluding hydrogens is 242 g/mol. The topological polar surface area (TPSA) is 63.7 Å². The number of carbonyl (C=O) groups is 1. The number of ether oxygens (including phenoxy) is 1. The Labute approximate surface area is 104 Å².